The van der Waals surface area contributed by atoms with Crippen molar-refractivity contribution in [1.82, 2.24) is 10.6 Å². The van der Waals surface area contributed by atoms with Crippen LogP contribution in [0.4, 0.5) is 4.79 Å². The minimum atomic E-state index is -0.438. The maximum Gasteiger partial charge on any atom is 0.321 e. The van der Waals surface area contributed by atoms with Gasteiger partial charge in [0.25, 0.3) is 5.91 Å². The number of nitrogens with one attached hydrogen (secondary N) is 2. The van der Waals surface area contributed by atoms with Crippen LogP contribution in [0.1, 0.15) is 32.8 Å². The van der Waals surface area contributed by atoms with E-state index >= 15 is 0 Å². The molecule has 1 aromatic rings. The average Bonchev–Trinajstić information content (AvgIpc) is 2.39. The summed E-state index contributed by atoms with van der Waals surface area (Å²) in [6.45, 7) is 6.81. The Hall–Kier alpha value is -1.91. The molecule has 0 aliphatic carbocycles. The molecule has 5 heteroatoms. The van der Waals surface area contributed by atoms with Gasteiger partial charge in [0.05, 0.1) is 0 Å². The number of aryl methyl sites for hydroxylation is 1. The minimum Gasteiger partial charge on any atom is -0.338 e. The van der Waals surface area contributed by atoms with E-state index in [4.69, 9.17) is 0 Å². The lowest BCUT2D eigenvalue weighted by atomic mass is 10.2. The van der Waals surface area contributed by atoms with Crippen molar-refractivity contribution in [2.75, 3.05) is 6.54 Å². The van der Waals surface area contributed by atoms with Crippen molar-refractivity contribution in [1.29, 1.82) is 0 Å². The highest BCUT2D eigenvalue weighted by molar-refractivity contribution is 5.93. The second-order valence-corrected chi connectivity index (χ2v) is 5.28. The molecule has 0 bridgehead atoms. The van der Waals surface area contributed by atoms with Gasteiger partial charge in [0.15, 0.2) is 12.4 Å². The fraction of sp³-hybridized carbons (Fsp3) is 0.533. The van der Waals surface area contributed by atoms with Crippen molar-refractivity contribution in [3.63, 3.8) is 0 Å². The van der Waals surface area contributed by atoms with Crippen molar-refractivity contribution in [3.05, 3.63) is 30.1 Å². The lowest BCUT2D eigenvalue weighted by molar-refractivity contribution is -0.684. The number of aromatic nitrogens is 1. The summed E-state index contributed by atoms with van der Waals surface area (Å²) in [5, 5.41) is 4.96. The van der Waals surface area contributed by atoms with Gasteiger partial charge in [-0.25, -0.2) is 4.79 Å². The van der Waals surface area contributed by atoms with Gasteiger partial charge in [0.1, 0.15) is 0 Å². The molecule has 0 unspecified atom stereocenters. The molecule has 5 nitrogen and oxygen atoms in total. The first-order chi connectivity index (χ1) is 9.51. The molecular formula is C15H24N3O2+. The Labute approximate surface area is 120 Å². The topological polar surface area (TPSA) is 62.1 Å². The SMILES string of the molecule is CCCc1cc[n+](CC(=O)NC(=O)NCC(C)C)cc1. The Morgan fingerprint density at radius 2 is 1.90 bits per heavy atom. The molecule has 1 aromatic heterocycles. The number of nitrogens with zero attached hydrogens (tertiary/aromatic N) is 1. The molecule has 0 atom stereocenters. The van der Waals surface area contributed by atoms with E-state index in [1.807, 2.05) is 38.4 Å². The predicted octanol–water partition coefficient (Wildman–Crippen LogP) is 1.41. The van der Waals surface area contributed by atoms with E-state index in [1.54, 1.807) is 4.57 Å². The minimum absolute atomic E-state index is 0.140. The van der Waals surface area contributed by atoms with E-state index in [1.165, 1.54) is 5.56 Å². The Balaban J connectivity index is 2.39. The van der Waals surface area contributed by atoms with Crippen LogP contribution in [0, 0.1) is 5.92 Å². The third kappa shape index (κ3) is 6.31. The van der Waals surface area contributed by atoms with Crippen LogP contribution in [0.2, 0.25) is 0 Å². The number of pyridine rings is 1. The molecule has 0 spiro atoms. The van der Waals surface area contributed by atoms with Crippen LogP contribution in [-0.4, -0.2) is 18.5 Å². The third-order valence-corrected chi connectivity index (χ3v) is 2.75. The first-order valence-corrected chi connectivity index (χ1v) is 7.07. The summed E-state index contributed by atoms with van der Waals surface area (Å²) in [4.78, 5) is 23.1. The normalized spacial score (nSPS) is 10.4. The molecule has 0 saturated heterocycles. The predicted molar refractivity (Wildman–Crippen MR) is 77.0 cm³/mol. The van der Waals surface area contributed by atoms with Crippen molar-refractivity contribution < 1.29 is 14.2 Å². The molecule has 1 rings (SSSR count). The van der Waals surface area contributed by atoms with E-state index in [-0.39, 0.29) is 12.5 Å². The molecule has 20 heavy (non-hydrogen) atoms. The van der Waals surface area contributed by atoms with Crippen LogP contribution >= 0.6 is 0 Å². The second-order valence-electron chi connectivity index (χ2n) is 5.28. The molecule has 3 amide bonds. The zero-order valence-corrected chi connectivity index (χ0v) is 12.5. The van der Waals surface area contributed by atoms with E-state index in [2.05, 4.69) is 17.6 Å². The molecule has 110 valence electrons. The first-order valence-electron chi connectivity index (χ1n) is 7.07. The summed E-state index contributed by atoms with van der Waals surface area (Å²) in [5.41, 5.74) is 1.25. The number of carbonyl (C=O) groups excluding carboxylic acids is 2. The molecule has 0 fully saturated rings. The van der Waals surface area contributed by atoms with Gasteiger partial charge < -0.3 is 5.32 Å². The highest BCUT2D eigenvalue weighted by Gasteiger charge is 2.12. The summed E-state index contributed by atoms with van der Waals surface area (Å²) >= 11 is 0. The molecule has 2 N–H and O–H groups in total. The molecule has 1 heterocycles. The summed E-state index contributed by atoms with van der Waals surface area (Å²) in [7, 11) is 0. The Kier molecular flexibility index (Phi) is 6.70. The number of imide groups is 1. The van der Waals surface area contributed by atoms with E-state index in [0.717, 1.165) is 12.8 Å². The number of hydrogen-bond acceptors (Lipinski definition) is 2. The van der Waals surface area contributed by atoms with Gasteiger partial charge in [-0.05, 0) is 17.9 Å². The summed E-state index contributed by atoms with van der Waals surface area (Å²) in [5.74, 6) is 0.0378. The summed E-state index contributed by atoms with van der Waals surface area (Å²) in [6.07, 6.45) is 5.85. The van der Waals surface area contributed by atoms with Crippen molar-refractivity contribution in [2.45, 2.75) is 40.2 Å². The number of urea groups is 1. The molecule has 0 radical (unpaired) electrons. The van der Waals surface area contributed by atoms with Crippen molar-refractivity contribution in [3.8, 4) is 0 Å². The Bertz CT molecular complexity index is 441. The summed E-state index contributed by atoms with van der Waals surface area (Å²) < 4.78 is 1.75. The Morgan fingerprint density at radius 3 is 2.45 bits per heavy atom. The van der Waals surface area contributed by atoms with E-state index in [0.29, 0.717) is 12.5 Å². The smallest absolute Gasteiger partial charge is 0.321 e. The van der Waals surface area contributed by atoms with Crippen molar-refractivity contribution in [2.24, 2.45) is 5.92 Å². The van der Waals surface area contributed by atoms with Crippen LogP contribution < -0.4 is 15.2 Å². The maximum atomic E-state index is 11.7. The van der Waals surface area contributed by atoms with Crippen LogP contribution in [0.25, 0.3) is 0 Å². The van der Waals surface area contributed by atoms with Gasteiger partial charge in [-0.3, -0.25) is 10.1 Å². The second kappa shape index (κ2) is 8.30. The molecular weight excluding hydrogens is 254 g/mol. The molecule has 0 aliphatic heterocycles. The van der Waals surface area contributed by atoms with Crippen LogP contribution in [-0.2, 0) is 17.8 Å². The first kappa shape index (κ1) is 16.1. The zero-order valence-electron chi connectivity index (χ0n) is 12.5. The third-order valence-electron chi connectivity index (χ3n) is 2.75. The van der Waals surface area contributed by atoms with Gasteiger partial charge >= 0.3 is 6.03 Å². The number of amides is 3. The van der Waals surface area contributed by atoms with Gasteiger partial charge in [-0.1, -0.05) is 27.2 Å². The molecule has 0 saturated carbocycles. The zero-order chi connectivity index (χ0) is 15.0. The molecule has 0 aromatic carbocycles. The largest absolute Gasteiger partial charge is 0.338 e. The number of hydrogen-bond donors (Lipinski definition) is 2. The fourth-order valence-electron chi connectivity index (χ4n) is 1.72. The highest BCUT2D eigenvalue weighted by atomic mass is 16.2. The van der Waals surface area contributed by atoms with Gasteiger partial charge in [-0.15, -0.1) is 0 Å². The lowest BCUT2D eigenvalue weighted by Gasteiger charge is -2.07. The lowest BCUT2D eigenvalue weighted by Crippen LogP contribution is -2.47. The fourth-order valence-corrected chi connectivity index (χ4v) is 1.72. The van der Waals surface area contributed by atoms with E-state index in [9.17, 15) is 9.59 Å². The van der Waals surface area contributed by atoms with Gasteiger partial charge in [0.2, 0.25) is 6.54 Å². The van der Waals surface area contributed by atoms with Crippen LogP contribution in [0.3, 0.4) is 0 Å². The monoisotopic (exact) mass is 278 g/mol. The van der Waals surface area contributed by atoms with E-state index < -0.39 is 6.03 Å². The average molecular weight is 278 g/mol. The molecule has 0 aliphatic rings. The quantitative estimate of drug-likeness (QED) is 0.773. The number of carbonyl (C=O) groups is 2. The van der Waals surface area contributed by atoms with Gasteiger partial charge in [-0.2, -0.15) is 4.57 Å². The standard InChI is InChI=1S/C15H23N3O2/c1-4-5-13-6-8-18(9-7-13)11-14(19)17-15(20)16-10-12(2)3/h6-9,12H,4-5,10-11H2,1-3H3,(H-,16,17,19,20)/p+1. The van der Waals surface area contributed by atoms with Gasteiger partial charge in [0, 0.05) is 18.7 Å². The van der Waals surface area contributed by atoms with Crippen LogP contribution in [0.15, 0.2) is 24.5 Å². The highest BCUT2D eigenvalue weighted by Crippen LogP contribution is 1.98. The maximum absolute atomic E-state index is 11.7. The summed E-state index contributed by atoms with van der Waals surface area (Å²) in [6, 6.07) is 3.55. The van der Waals surface area contributed by atoms with Crippen molar-refractivity contribution >= 4 is 11.9 Å². The number of rotatable bonds is 6. The Morgan fingerprint density at radius 1 is 1.25 bits per heavy atom. The van der Waals surface area contributed by atoms with Crippen LogP contribution in [0.5, 0.6) is 0 Å².